The normalized spacial score (nSPS) is 12.5. The minimum Gasteiger partial charge on any atom is -0.454 e. The summed E-state index contributed by atoms with van der Waals surface area (Å²) in [5.74, 6) is 1.31. The van der Waals surface area contributed by atoms with Crippen LogP contribution in [-0.2, 0) is 13.6 Å². The molecule has 6 nitrogen and oxygen atoms in total. The van der Waals surface area contributed by atoms with Crippen LogP contribution in [0, 0.1) is 0 Å². The predicted octanol–water partition coefficient (Wildman–Crippen LogP) is 4.61. The molecule has 0 atom stereocenters. The highest BCUT2D eigenvalue weighted by Crippen LogP contribution is 2.34. The van der Waals surface area contributed by atoms with Crippen LogP contribution in [-0.4, -0.2) is 22.5 Å². The molecule has 8 heteroatoms. The predicted molar refractivity (Wildman–Crippen MR) is 113 cm³/mol. The van der Waals surface area contributed by atoms with Crippen molar-refractivity contribution in [3.63, 3.8) is 0 Å². The van der Waals surface area contributed by atoms with Crippen LogP contribution < -0.4 is 14.8 Å². The van der Waals surface area contributed by atoms with Gasteiger partial charge < -0.3 is 14.8 Å². The second-order valence-corrected chi connectivity index (χ2v) is 8.15. The largest absolute Gasteiger partial charge is 0.454 e. The van der Waals surface area contributed by atoms with Crippen LogP contribution in [0.2, 0.25) is 5.02 Å². The van der Waals surface area contributed by atoms with Gasteiger partial charge in [-0.05, 0) is 35.9 Å². The van der Waals surface area contributed by atoms with Crippen LogP contribution in [0.15, 0.2) is 48.5 Å². The van der Waals surface area contributed by atoms with Crippen LogP contribution >= 0.6 is 22.9 Å². The molecule has 0 radical (unpaired) electrons. The van der Waals surface area contributed by atoms with Crippen molar-refractivity contribution < 1.29 is 14.3 Å². The van der Waals surface area contributed by atoms with E-state index in [1.807, 2.05) is 55.6 Å². The molecular formula is C21H16ClN3O3S. The molecule has 0 saturated carbocycles. The lowest BCUT2D eigenvalue weighted by Gasteiger charge is -2.05. The number of halogens is 1. The SMILES string of the molecule is Cn1nc(-c2ccc(Cl)cc2)c2cc(C(=O)NCc3ccc4c(c3)OCO4)sc21. The summed E-state index contributed by atoms with van der Waals surface area (Å²) in [7, 11) is 1.88. The fraction of sp³-hybridized carbons (Fsp3) is 0.143. The minimum absolute atomic E-state index is 0.120. The van der Waals surface area contributed by atoms with Gasteiger partial charge in [-0.25, -0.2) is 0 Å². The quantitative estimate of drug-likeness (QED) is 0.518. The molecule has 2 aromatic heterocycles. The molecule has 1 aliphatic rings. The van der Waals surface area contributed by atoms with E-state index in [0.29, 0.717) is 22.2 Å². The van der Waals surface area contributed by atoms with Crippen LogP contribution in [0.25, 0.3) is 21.5 Å². The number of fused-ring (bicyclic) bond motifs is 2. The van der Waals surface area contributed by atoms with Gasteiger partial charge in [0.15, 0.2) is 11.5 Å². The topological polar surface area (TPSA) is 65.4 Å². The molecule has 1 N–H and O–H groups in total. The first-order chi connectivity index (χ1) is 14.1. The molecule has 3 heterocycles. The van der Waals surface area contributed by atoms with Crippen LogP contribution in [0.1, 0.15) is 15.2 Å². The van der Waals surface area contributed by atoms with E-state index in [-0.39, 0.29) is 12.7 Å². The summed E-state index contributed by atoms with van der Waals surface area (Å²) in [6.45, 7) is 0.642. The van der Waals surface area contributed by atoms with Gasteiger partial charge in [0, 0.05) is 29.6 Å². The van der Waals surface area contributed by atoms with Crippen molar-refractivity contribution in [2.75, 3.05) is 6.79 Å². The summed E-state index contributed by atoms with van der Waals surface area (Å²) in [6, 6.07) is 15.1. The van der Waals surface area contributed by atoms with Crippen LogP contribution in [0.4, 0.5) is 0 Å². The monoisotopic (exact) mass is 425 g/mol. The maximum Gasteiger partial charge on any atom is 0.261 e. The van der Waals surface area contributed by atoms with E-state index in [9.17, 15) is 4.79 Å². The molecule has 4 aromatic rings. The number of benzene rings is 2. The van der Waals surface area contributed by atoms with Gasteiger partial charge in [-0.2, -0.15) is 5.10 Å². The van der Waals surface area contributed by atoms with E-state index in [1.165, 1.54) is 11.3 Å². The van der Waals surface area contributed by atoms with E-state index in [4.69, 9.17) is 21.1 Å². The standard InChI is InChI=1S/C21H16ClN3O3S/c1-25-21-15(19(24-25)13-3-5-14(22)6-4-13)9-18(29-21)20(26)23-10-12-2-7-16-17(8-12)28-11-27-16/h2-9H,10-11H2,1H3,(H,23,26). The van der Waals surface area contributed by atoms with E-state index < -0.39 is 0 Å². The lowest BCUT2D eigenvalue weighted by Crippen LogP contribution is -2.21. The molecule has 0 aliphatic carbocycles. The third kappa shape index (κ3) is 3.32. The fourth-order valence-corrected chi connectivity index (χ4v) is 4.41. The van der Waals surface area contributed by atoms with Crippen molar-refractivity contribution in [3.8, 4) is 22.8 Å². The van der Waals surface area contributed by atoms with Gasteiger partial charge in [0.1, 0.15) is 10.5 Å². The Kier molecular flexibility index (Phi) is 4.41. The van der Waals surface area contributed by atoms with Crippen molar-refractivity contribution in [3.05, 3.63) is 64.0 Å². The number of carbonyl (C=O) groups is 1. The van der Waals surface area contributed by atoms with Gasteiger partial charge in [-0.3, -0.25) is 9.48 Å². The number of hydrogen-bond donors (Lipinski definition) is 1. The molecule has 0 fully saturated rings. The minimum atomic E-state index is -0.120. The molecule has 5 rings (SSSR count). The summed E-state index contributed by atoms with van der Waals surface area (Å²) in [5, 5.41) is 9.20. The third-order valence-electron chi connectivity index (χ3n) is 4.74. The molecule has 0 unspecified atom stereocenters. The van der Waals surface area contributed by atoms with Crippen LogP contribution in [0.5, 0.6) is 11.5 Å². The molecule has 1 amide bonds. The molecule has 0 saturated heterocycles. The molecule has 146 valence electrons. The number of rotatable bonds is 4. The summed E-state index contributed by atoms with van der Waals surface area (Å²) in [4.78, 5) is 14.3. The first kappa shape index (κ1) is 18.0. The zero-order valence-electron chi connectivity index (χ0n) is 15.4. The van der Waals surface area contributed by atoms with Crippen LogP contribution in [0.3, 0.4) is 0 Å². The first-order valence-corrected chi connectivity index (χ1v) is 10.2. The zero-order valence-corrected chi connectivity index (χ0v) is 17.0. The Labute approximate surface area is 175 Å². The summed E-state index contributed by atoms with van der Waals surface area (Å²) >= 11 is 7.42. The van der Waals surface area contributed by atoms with Crippen molar-refractivity contribution >= 4 is 39.1 Å². The highest BCUT2D eigenvalue weighted by atomic mass is 35.5. The Balaban J connectivity index is 1.38. The average Bonchev–Trinajstić information content (AvgIpc) is 3.43. The van der Waals surface area contributed by atoms with Gasteiger partial charge in [0.05, 0.1) is 4.88 Å². The van der Waals surface area contributed by atoms with Crippen molar-refractivity contribution in [1.82, 2.24) is 15.1 Å². The number of amides is 1. The number of hydrogen-bond acceptors (Lipinski definition) is 5. The number of nitrogens with zero attached hydrogens (tertiary/aromatic N) is 2. The average molecular weight is 426 g/mol. The molecule has 0 spiro atoms. The summed E-state index contributed by atoms with van der Waals surface area (Å²) in [6.07, 6.45) is 0. The number of nitrogens with one attached hydrogen (secondary N) is 1. The summed E-state index contributed by atoms with van der Waals surface area (Å²) < 4.78 is 12.5. The van der Waals surface area contributed by atoms with E-state index >= 15 is 0 Å². The van der Waals surface area contributed by atoms with Crippen molar-refractivity contribution in [2.45, 2.75) is 6.54 Å². The maximum absolute atomic E-state index is 12.7. The Morgan fingerprint density at radius 1 is 1.17 bits per heavy atom. The Bertz CT molecular complexity index is 1230. The third-order valence-corrected chi connectivity index (χ3v) is 6.20. The number of aryl methyl sites for hydroxylation is 1. The second-order valence-electron chi connectivity index (χ2n) is 6.68. The van der Waals surface area contributed by atoms with Crippen molar-refractivity contribution in [2.24, 2.45) is 7.05 Å². The maximum atomic E-state index is 12.7. The first-order valence-electron chi connectivity index (χ1n) is 8.98. The highest BCUT2D eigenvalue weighted by molar-refractivity contribution is 7.20. The number of aromatic nitrogens is 2. The van der Waals surface area contributed by atoms with E-state index in [0.717, 1.165) is 32.8 Å². The lowest BCUT2D eigenvalue weighted by atomic mass is 10.1. The van der Waals surface area contributed by atoms with Gasteiger partial charge in [0.2, 0.25) is 6.79 Å². The fourth-order valence-electron chi connectivity index (χ4n) is 3.29. The Hall–Kier alpha value is -3.03. The Morgan fingerprint density at radius 2 is 1.97 bits per heavy atom. The van der Waals surface area contributed by atoms with Gasteiger partial charge in [0.25, 0.3) is 5.91 Å². The molecule has 2 aromatic carbocycles. The summed E-state index contributed by atoms with van der Waals surface area (Å²) in [5.41, 5.74) is 2.75. The second kappa shape index (κ2) is 7.09. The highest BCUT2D eigenvalue weighted by Gasteiger charge is 2.18. The molecule has 1 aliphatic heterocycles. The number of carbonyl (C=O) groups excluding carboxylic acids is 1. The van der Waals surface area contributed by atoms with E-state index in [2.05, 4.69) is 10.4 Å². The number of ether oxygens (including phenoxy) is 2. The molecular weight excluding hydrogens is 410 g/mol. The van der Waals surface area contributed by atoms with Gasteiger partial charge in [-0.15, -0.1) is 11.3 Å². The molecule has 29 heavy (non-hydrogen) atoms. The Morgan fingerprint density at radius 3 is 2.79 bits per heavy atom. The number of thiophene rings is 1. The lowest BCUT2D eigenvalue weighted by molar-refractivity contribution is 0.0955. The zero-order chi connectivity index (χ0) is 20.0. The van der Waals surface area contributed by atoms with Gasteiger partial charge in [-0.1, -0.05) is 29.8 Å². The molecule has 0 bridgehead atoms. The van der Waals surface area contributed by atoms with E-state index in [1.54, 1.807) is 4.68 Å². The van der Waals surface area contributed by atoms with Gasteiger partial charge >= 0.3 is 0 Å². The van der Waals surface area contributed by atoms with Crippen molar-refractivity contribution in [1.29, 1.82) is 0 Å². The smallest absolute Gasteiger partial charge is 0.261 e.